The molecule has 2 rings (SSSR count). The standard InChI is InChI=1S/C54H83N15O18/c1-26(2)16-36(67-47(79)33(55)24-70)48(80)59-21-41(73)62-29(7)46(78)58-22-42(74)63-37(17-27(3)4)52(84)69-45(28(5)6)53(85)60-23-43(75)64-38(19-31-20-57-25-61-31)51(83)66-35(13-15-44(76)77)49(81)65-34(12-14-40(56)72)50(82)68-39(54(86)87)18-30-8-10-32(71)11-9-30/h8-11,20,25-29,33-39,45,70-71H,12-19,21-24,55H2,1-7H3,(H2,56,72)(H,57,61)(H,58,78)(H,59,80)(H,60,85)(H,62,73)(H,63,74)(H,64,75)(H,65,81)(H,66,83)(H,67,79)(H,68,82)(H,69,84)(H,76,77)(H,86,87)/t29-,33-,34-,35-,36-,37-,38-,39-,45-/m0/s1. The van der Waals surface area contributed by atoms with Gasteiger partial charge in [-0.2, -0.15) is 0 Å². The van der Waals surface area contributed by atoms with E-state index in [0.29, 0.717) is 5.56 Å². The molecule has 33 nitrogen and oxygen atoms in total. The lowest BCUT2D eigenvalue weighted by Gasteiger charge is -2.27. The molecule has 1 aromatic carbocycles. The van der Waals surface area contributed by atoms with Gasteiger partial charge in [-0.1, -0.05) is 53.7 Å². The molecule has 0 saturated carbocycles. The Morgan fingerprint density at radius 1 is 0.529 bits per heavy atom. The molecule has 20 N–H and O–H groups in total. The predicted molar refractivity (Wildman–Crippen MR) is 306 cm³/mol. The normalized spacial score (nSPS) is 14.2. The van der Waals surface area contributed by atoms with Gasteiger partial charge in [0.15, 0.2) is 0 Å². The number of aromatic nitrogens is 2. The van der Waals surface area contributed by atoms with Crippen molar-refractivity contribution in [2.45, 2.75) is 154 Å². The minimum atomic E-state index is -1.74. The number of aliphatic hydroxyl groups is 1. The summed E-state index contributed by atoms with van der Waals surface area (Å²) >= 11 is 0. The molecule has 2 aromatic rings. The summed E-state index contributed by atoms with van der Waals surface area (Å²) < 4.78 is 0. The molecule has 0 aliphatic rings. The number of H-pyrrole nitrogens is 1. The zero-order chi connectivity index (χ0) is 65.7. The molecule has 0 bridgehead atoms. The average Bonchev–Trinajstić information content (AvgIpc) is 3.96. The van der Waals surface area contributed by atoms with Crippen LogP contribution in [0.25, 0.3) is 0 Å². The van der Waals surface area contributed by atoms with Crippen molar-refractivity contribution in [1.82, 2.24) is 68.5 Å². The van der Waals surface area contributed by atoms with Crippen LogP contribution in [0.1, 0.15) is 98.2 Å². The van der Waals surface area contributed by atoms with Crippen LogP contribution in [-0.2, 0) is 80.0 Å². The van der Waals surface area contributed by atoms with Crippen molar-refractivity contribution in [2.24, 2.45) is 29.2 Å². The number of hydrogen-bond acceptors (Lipinski definition) is 18. The van der Waals surface area contributed by atoms with Gasteiger partial charge in [0, 0.05) is 37.6 Å². The van der Waals surface area contributed by atoms with E-state index >= 15 is 0 Å². The molecule has 0 unspecified atom stereocenters. The fourth-order valence-electron chi connectivity index (χ4n) is 8.10. The van der Waals surface area contributed by atoms with E-state index in [-0.39, 0.29) is 49.0 Å². The van der Waals surface area contributed by atoms with Crippen LogP contribution in [0.15, 0.2) is 36.8 Å². The van der Waals surface area contributed by atoms with E-state index in [1.165, 1.54) is 43.7 Å². The number of phenols is 1. The van der Waals surface area contributed by atoms with Crippen molar-refractivity contribution in [2.75, 3.05) is 26.2 Å². The lowest BCUT2D eigenvalue weighted by atomic mass is 10.00. The summed E-state index contributed by atoms with van der Waals surface area (Å²) in [5.74, 6) is -14.7. The number of phenolic OH excluding ortho intramolecular Hbond substituents is 1. The number of nitrogens with two attached hydrogens (primary N) is 2. The van der Waals surface area contributed by atoms with Crippen molar-refractivity contribution >= 4 is 82.8 Å². The van der Waals surface area contributed by atoms with Gasteiger partial charge in [-0.15, -0.1) is 0 Å². The molecule has 9 atom stereocenters. The molecule has 1 aromatic heterocycles. The zero-order valence-electron chi connectivity index (χ0n) is 49.5. The van der Waals surface area contributed by atoms with Crippen LogP contribution < -0.4 is 70.0 Å². The van der Waals surface area contributed by atoms with Gasteiger partial charge in [-0.05, 0) is 68.1 Å². The maximum absolute atomic E-state index is 14.0. The van der Waals surface area contributed by atoms with E-state index in [4.69, 9.17) is 11.5 Å². The Kier molecular flexibility index (Phi) is 31.6. The number of aromatic hydroxyl groups is 1. The number of hydrogen-bond donors (Lipinski definition) is 18. The van der Waals surface area contributed by atoms with Crippen molar-refractivity contribution in [3.8, 4) is 5.75 Å². The molecule has 33 heteroatoms. The number of benzene rings is 1. The summed E-state index contributed by atoms with van der Waals surface area (Å²) in [5, 5.41) is 64.6. The maximum atomic E-state index is 14.0. The van der Waals surface area contributed by atoms with Crippen LogP contribution in [0.5, 0.6) is 5.75 Å². The SMILES string of the molecule is CC(C)C[C@H](NC(=O)CNC(=O)[C@H](C)NC(=O)CNC(=O)[C@H](CC(C)C)NC(=O)[C@@H](N)CO)C(=O)N[C@H](C(=O)NCC(=O)N[C@@H](Cc1cnc[nH]1)C(=O)N[C@@H](CCC(=O)O)C(=O)N[C@@H](CCC(N)=O)C(=O)N[C@@H](Cc1ccc(O)cc1)C(=O)O)C(C)C. The number of imidazole rings is 1. The second-order valence-corrected chi connectivity index (χ2v) is 21.6. The fourth-order valence-corrected chi connectivity index (χ4v) is 8.10. The van der Waals surface area contributed by atoms with Gasteiger partial charge in [0.1, 0.15) is 60.1 Å². The molecular formula is C54H83N15O18. The monoisotopic (exact) mass is 1230 g/mol. The second kappa shape index (κ2) is 37.2. The predicted octanol–water partition coefficient (Wildman–Crippen LogP) is -5.57. The summed E-state index contributed by atoms with van der Waals surface area (Å²) in [6.45, 7) is 8.81. The number of aliphatic hydroxyl groups excluding tert-OH is 1. The Balaban J connectivity index is 2.16. The van der Waals surface area contributed by atoms with E-state index in [2.05, 4.69) is 68.5 Å². The van der Waals surface area contributed by atoms with E-state index in [1.54, 1.807) is 41.5 Å². The highest BCUT2D eigenvalue weighted by Crippen LogP contribution is 2.14. The highest BCUT2D eigenvalue weighted by molar-refractivity contribution is 5.98. The van der Waals surface area contributed by atoms with Gasteiger partial charge in [-0.25, -0.2) is 9.78 Å². The van der Waals surface area contributed by atoms with Crippen LogP contribution in [0.2, 0.25) is 0 Å². The number of rotatable bonds is 39. The van der Waals surface area contributed by atoms with E-state index in [0.717, 1.165) is 0 Å². The first-order valence-corrected chi connectivity index (χ1v) is 27.9. The van der Waals surface area contributed by atoms with Crippen LogP contribution in [0.4, 0.5) is 0 Å². The number of carbonyl (C=O) groups excluding carboxylic acids is 12. The quantitative estimate of drug-likeness (QED) is 0.0297. The van der Waals surface area contributed by atoms with Gasteiger partial charge >= 0.3 is 11.9 Å². The van der Waals surface area contributed by atoms with Crippen molar-refractivity contribution in [3.63, 3.8) is 0 Å². The van der Waals surface area contributed by atoms with Crippen molar-refractivity contribution in [1.29, 1.82) is 0 Å². The second-order valence-electron chi connectivity index (χ2n) is 21.6. The molecule has 87 heavy (non-hydrogen) atoms. The highest BCUT2D eigenvalue weighted by Gasteiger charge is 2.34. The van der Waals surface area contributed by atoms with Gasteiger partial charge in [0.05, 0.1) is 32.6 Å². The van der Waals surface area contributed by atoms with Gasteiger partial charge in [-0.3, -0.25) is 62.3 Å². The molecule has 482 valence electrons. The molecule has 0 fully saturated rings. The van der Waals surface area contributed by atoms with Crippen molar-refractivity contribution < 1.29 is 87.5 Å². The van der Waals surface area contributed by atoms with Gasteiger partial charge in [0.25, 0.3) is 0 Å². The average molecular weight is 1230 g/mol. The Bertz CT molecular complexity index is 2710. The summed E-state index contributed by atoms with van der Waals surface area (Å²) in [6.07, 6.45) is -0.0458. The zero-order valence-corrected chi connectivity index (χ0v) is 49.5. The third-order valence-corrected chi connectivity index (χ3v) is 12.7. The maximum Gasteiger partial charge on any atom is 0.326 e. The first kappa shape index (κ1) is 73.8. The number of amides is 12. The molecule has 0 aliphatic carbocycles. The minimum Gasteiger partial charge on any atom is -0.508 e. The molecule has 12 amide bonds. The number of nitrogens with one attached hydrogen (secondary N) is 12. The molecule has 0 radical (unpaired) electrons. The summed E-state index contributed by atoms with van der Waals surface area (Å²) in [6, 6.07) is -7.29. The Hall–Kier alpha value is -9.27. The number of carboxylic acids is 2. The Morgan fingerprint density at radius 3 is 1.47 bits per heavy atom. The lowest BCUT2D eigenvalue weighted by molar-refractivity contribution is -0.142. The van der Waals surface area contributed by atoms with Crippen LogP contribution >= 0.6 is 0 Å². The summed E-state index contributed by atoms with van der Waals surface area (Å²) in [5.41, 5.74) is 11.5. The van der Waals surface area contributed by atoms with Gasteiger partial charge < -0.3 is 95.4 Å². The number of carboxylic acid groups (broad SMARTS) is 2. The Labute approximate surface area is 501 Å². The third-order valence-electron chi connectivity index (χ3n) is 12.7. The van der Waals surface area contributed by atoms with Crippen LogP contribution in [-0.4, -0.2) is 194 Å². The number of aliphatic carboxylic acids is 2. The van der Waals surface area contributed by atoms with E-state index < -0.39 is 195 Å². The number of primary amides is 1. The van der Waals surface area contributed by atoms with E-state index in [1.807, 2.05) is 0 Å². The van der Waals surface area contributed by atoms with Crippen molar-refractivity contribution in [3.05, 3.63) is 48.0 Å². The molecule has 0 spiro atoms. The van der Waals surface area contributed by atoms with E-state index in [9.17, 15) is 87.5 Å². The molecule has 0 aliphatic heterocycles. The largest absolute Gasteiger partial charge is 0.508 e. The topological polar surface area (TPSA) is 533 Å². The van der Waals surface area contributed by atoms with Crippen LogP contribution in [0.3, 0.4) is 0 Å². The molecule has 1 heterocycles. The first-order valence-electron chi connectivity index (χ1n) is 27.9. The smallest absolute Gasteiger partial charge is 0.326 e. The minimum absolute atomic E-state index is 0.0501. The highest BCUT2D eigenvalue weighted by atomic mass is 16.4. The number of nitrogens with zero attached hydrogens (tertiary/aromatic N) is 1. The first-order chi connectivity index (χ1) is 40.8. The third kappa shape index (κ3) is 28.4. The number of aromatic amines is 1. The lowest BCUT2D eigenvalue weighted by Crippen LogP contribution is -2.59. The fraction of sp³-hybridized carbons (Fsp3) is 0.574. The molecular weight excluding hydrogens is 1150 g/mol. The summed E-state index contributed by atoms with van der Waals surface area (Å²) in [4.78, 5) is 188. The van der Waals surface area contributed by atoms with Crippen LogP contribution in [0, 0.1) is 17.8 Å². The number of carbonyl (C=O) groups is 14. The molecule has 0 saturated heterocycles. The Morgan fingerprint density at radius 2 is 0.989 bits per heavy atom. The summed E-state index contributed by atoms with van der Waals surface area (Å²) in [7, 11) is 0. The van der Waals surface area contributed by atoms with Gasteiger partial charge in [0.2, 0.25) is 70.9 Å².